The number of rotatable bonds is 6. The van der Waals surface area contributed by atoms with Crippen molar-refractivity contribution in [1.82, 2.24) is 4.90 Å². The molecule has 3 rings (SSSR count). The Labute approximate surface area is 162 Å². The number of carbonyl (C=O) groups is 1. The van der Waals surface area contributed by atoms with Crippen molar-refractivity contribution in [2.45, 2.75) is 26.4 Å². The van der Waals surface area contributed by atoms with Crippen molar-refractivity contribution >= 4 is 16.9 Å². The van der Waals surface area contributed by atoms with Gasteiger partial charge in [0.25, 0.3) is 5.91 Å². The van der Waals surface area contributed by atoms with Crippen LogP contribution >= 0.6 is 0 Å². The Morgan fingerprint density at radius 1 is 1.14 bits per heavy atom. The maximum Gasteiger partial charge on any atom is 0.336 e. The summed E-state index contributed by atoms with van der Waals surface area (Å²) in [5, 5.41) is 9.67. The quantitative estimate of drug-likeness (QED) is 0.615. The van der Waals surface area contributed by atoms with Crippen molar-refractivity contribution in [3.63, 3.8) is 0 Å². The maximum absolute atomic E-state index is 12.7. The standard InChI is InChI=1S/C22H20N2O4/c1-15(2)24(13-17-5-3-16(12-23)4-6-17)21(25)14-27-19-9-7-18-8-10-22(26)28-20(18)11-19/h3-11,15H,13-14H2,1-2H3. The highest BCUT2D eigenvalue weighted by Crippen LogP contribution is 2.20. The number of ether oxygens (including phenoxy) is 1. The highest BCUT2D eigenvalue weighted by molar-refractivity contribution is 5.79. The van der Waals surface area contributed by atoms with Crippen LogP contribution in [0.2, 0.25) is 0 Å². The minimum Gasteiger partial charge on any atom is -0.484 e. The summed E-state index contributed by atoms with van der Waals surface area (Å²) in [6.45, 7) is 4.17. The van der Waals surface area contributed by atoms with Crippen molar-refractivity contribution < 1.29 is 13.9 Å². The van der Waals surface area contributed by atoms with Crippen LogP contribution in [0.15, 0.2) is 63.8 Å². The second-order valence-corrected chi connectivity index (χ2v) is 6.67. The van der Waals surface area contributed by atoms with E-state index in [1.165, 1.54) is 6.07 Å². The minimum atomic E-state index is -0.436. The van der Waals surface area contributed by atoms with E-state index in [0.717, 1.165) is 10.9 Å². The third-order valence-corrected chi connectivity index (χ3v) is 4.34. The summed E-state index contributed by atoms with van der Waals surface area (Å²) in [6, 6.07) is 17.4. The summed E-state index contributed by atoms with van der Waals surface area (Å²) in [7, 11) is 0. The third kappa shape index (κ3) is 4.57. The molecular weight excluding hydrogens is 356 g/mol. The Bertz CT molecular complexity index is 1080. The van der Waals surface area contributed by atoms with Crippen LogP contribution in [0, 0.1) is 11.3 Å². The van der Waals surface area contributed by atoms with Gasteiger partial charge in [-0.2, -0.15) is 5.26 Å². The van der Waals surface area contributed by atoms with E-state index in [0.29, 0.717) is 23.4 Å². The van der Waals surface area contributed by atoms with Crippen molar-refractivity contribution in [3.05, 3.63) is 76.1 Å². The molecule has 0 aliphatic carbocycles. The highest BCUT2D eigenvalue weighted by Gasteiger charge is 2.18. The molecule has 0 aliphatic rings. The number of benzene rings is 2. The lowest BCUT2D eigenvalue weighted by Gasteiger charge is -2.27. The molecule has 142 valence electrons. The Kier molecular flexibility index (Phi) is 5.75. The highest BCUT2D eigenvalue weighted by atomic mass is 16.5. The van der Waals surface area contributed by atoms with Crippen LogP contribution in [-0.2, 0) is 11.3 Å². The van der Waals surface area contributed by atoms with Crippen molar-refractivity contribution in [1.29, 1.82) is 5.26 Å². The topological polar surface area (TPSA) is 83.5 Å². The average Bonchev–Trinajstić information content (AvgIpc) is 2.70. The van der Waals surface area contributed by atoms with Gasteiger partial charge in [-0.15, -0.1) is 0 Å². The van der Waals surface area contributed by atoms with Gasteiger partial charge in [0, 0.05) is 30.1 Å². The lowest BCUT2D eigenvalue weighted by Crippen LogP contribution is -2.39. The number of fused-ring (bicyclic) bond motifs is 1. The van der Waals surface area contributed by atoms with Gasteiger partial charge in [0.15, 0.2) is 6.61 Å². The largest absolute Gasteiger partial charge is 0.484 e. The smallest absolute Gasteiger partial charge is 0.336 e. The number of nitrogens with zero attached hydrogens (tertiary/aromatic N) is 2. The fourth-order valence-electron chi connectivity index (χ4n) is 2.80. The molecule has 0 unspecified atom stereocenters. The molecule has 1 amide bonds. The molecule has 0 saturated carbocycles. The average molecular weight is 376 g/mol. The third-order valence-electron chi connectivity index (χ3n) is 4.34. The first-order chi connectivity index (χ1) is 13.5. The maximum atomic E-state index is 12.7. The molecule has 2 aromatic carbocycles. The molecule has 6 nitrogen and oxygen atoms in total. The number of amides is 1. The molecule has 1 aromatic heterocycles. The molecule has 0 saturated heterocycles. The van der Waals surface area contributed by atoms with E-state index in [1.54, 1.807) is 41.3 Å². The Morgan fingerprint density at radius 2 is 1.86 bits per heavy atom. The molecule has 6 heteroatoms. The molecule has 0 atom stereocenters. The van der Waals surface area contributed by atoms with Gasteiger partial charge in [-0.1, -0.05) is 12.1 Å². The molecule has 0 bridgehead atoms. The fraction of sp³-hybridized carbons (Fsp3) is 0.227. The fourth-order valence-corrected chi connectivity index (χ4v) is 2.80. The summed E-state index contributed by atoms with van der Waals surface area (Å²) in [5.41, 5.74) is 1.50. The molecular formula is C22H20N2O4. The van der Waals surface area contributed by atoms with Gasteiger partial charge >= 0.3 is 5.63 Å². The number of hydrogen-bond donors (Lipinski definition) is 0. The van der Waals surface area contributed by atoms with Crippen LogP contribution in [0.5, 0.6) is 5.75 Å². The van der Waals surface area contributed by atoms with Gasteiger partial charge in [-0.3, -0.25) is 4.79 Å². The zero-order valence-corrected chi connectivity index (χ0v) is 15.7. The Morgan fingerprint density at radius 3 is 2.54 bits per heavy atom. The van der Waals surface area contributed by atoms with Crippen molar-refractivity contribution in [2.75, 3.05) is 6.61 Å². The lowest BCUT2D eigenvalue weighted by atomic mass is 10.1. The predicted octanol–water partition coefficient (Wildman–Crippen LogP) is 3.48. The van der Waals surface area contributed by atoms with Gasteiger partial charge in [-0.25, -0.2) is 4.79 Å². The molecule has 0 N–H and O–H groups in total. The van der Waals surface area contributed by atoms with E-state index in [1.807, 2.05) is 26.0 Å². The van der Waals surface area contributed by atoms with Crippen LogP contribution in [0.3, 0.4) is 0 Å². The lowest BCUT2D eigenvalue weighted by molar-refractivity contribution is -0.135. The molecule has 0 spiro atoms. The van der Waals surface area contributed by atoms with Gasteiger partial charge in [0.05, 0.1) is 11.6 Å². The normalized spacial score (nSPS) is 10.6. The summed E-state index contributed by atoms with van der Waals surface area (Å²) in [4.78, 5) is 25.7. The number of carbonyl (C=O) groups excluding carboxylic acids is 1. The second kappa shape index (κ2) is 8.40. The Hall–Kier alpha value is -3.59. The van der Waals surface area contributed by atoms with Gasteiger partial charge in [0.2, 0.25) is 0 Å². The first-order valence-electron chi connectivity index (χ1n) is 8.91. The van der Waals surface area contributed by atoms with Gasteiger partial charge in [0.1, 0.15) is 11.3 Å². The molecule has 28 heavy (non-hydrogen) atoms. The summed E-state index contributed by atoms with van der Waals surface area (Å²) in [6.07, 6.45) is 0. The first-order valence-corrected chi connectivity index (χ1v) is 8.91. The number of hydrogen-bond acceptors (Lipinski definition) is 5. The molecule has 0 fully saturated rings. The molecule has 0 aliphatic heterocycles. The van der Waals surface area contributed by atoms with E-state index in [2.05, 4.69) is 6.07 Å². The summed E-state index contributed by atoms with van der Waals surface area (Å²) < 4.78 is 10.8. The van der Waals surface area contributed by atoms with E-state index < -0.39 is 5.63 Å². The summed E-state index contributed by atoms with van der Waals surface area (Å²) >= 11 is 0. The SMILES string of the molecule is CC(C)N(Cc1ccc(C#N)cc1)C(=O)COc1ccc2ccc(=O)oc2c1. The molecule has 3 aromatic rings. The zero-order valence-electron chi connectivity index (χ0n) is 15.7. The van der Waals surface area contributed by atoms with Crippen LogP contribution in [0.25, 0.3) is 11.0 Å². The van der Waals surface area contributed by atoms with Gasteiger partial charge < -0.3 is 14.1 Å². The Balaban J connectivity index is 1.68. The number of nitriles is 1. The molecule has 1 heterocycles. The predicted molar refractivity (Wildman–Crippen MR) is 105 cm³/mol. The van der Waals surface area contributed by atoms with E-state index in [4.69, 9.17) is 14.4 Å². The van der Waals surface area contributed by atoms with Crippen molar-refractivity contribution in [2.24, 2.45) is 0 Å². The van der Waals surface area contributed by atoms with E-state index in [-0.39, 0.29) is 18.6 Å². The van der Waals surface area contributed by atoms with E-state index in [9.17, 15) is 9.59 Å². The second-order valence-electron chi connectivity index (χ2n) is 6.67. The minimum absolute atomic E-state index is 0.0126. The zero-order chi connectivity index (χ0) is 20.1. The van der Waals surface area contributed by atoms with Crippen molar-refractivity contribution in [3.8, 4) is 11.8 Å². The van der Waals surface area contributed by atoms with Crippen LogP contribution < -0.4 is 10.4 Å². The van der Waals surface area contributed by atoms with Gasteiger partial charge in [-0.05, 0) is 49.7 Å². The first kappa shape index (κ1) is 19.2. The monoisotopic (exact) mass is 376 g/mol. The van der Waals surface area contributed by atoms with Crippen LogP contribution in [-0.4, -0.2) is 23.5 Å². The van der Waals surface area contributed by atoms with E-state index >= 15 is 0 Å². The van der Waals surface area contributed by atoms with Crippen LogP contribution in [0.4, 0.5) is 0 Å². The van der Waals surface area contributed by atoms with Crippen LogP contribution in [0.1, 0.15) is 25.0 Å². The molecule has 0 radical (unpaired) electrons. The summed E-state index contributed by atoms with van der Waals surface area (Å²) in [5.74, 6) is 0.297.